The Morgan fingerprint density at radius 1 is 1.04 bits per heavy atom. The number of halogens is 1. The van der Waals surface area contributed by atoms with Crippen LogP contribution in [0.4, 0.5) is 5.69 Å². The number of guanidine groups is 1. The normalized spacial score (nSPS) is 11.9. The van der Waals surface area contributed by atoms with Gasteiger partial charge in [-0.1, -0.05) is 48.5 Å². The number of hydrogen-bond donors (Lipinski definition) is 3. The van der Waals surface area contributed by atoms with Crippen molar-refractivity contribution in [2.45, 2.75) is 32.7 Å². The zero-order valence-electron chi connectivity index (χ0n) is 15.9. The van der Waals surface area contributed by atoms with Gasteiger partial charge < -0.3 is 16.0 Å². The Morgan fingerprint density at radius 2 is 1.67 bits per heavy atom. The number of rotatable bonds is 8. The summed E-state index contributed by atoms with van der Waals surface area (Å²) in [6, 6.07) is 20.1. The van der Waals surface area contributed by atoms with Crippen molar-refractivity contribution in [1.29, 1.82) is 0 Å². The van der Waals surface area contributed by atoms with Crippen LogP contribution in [-0.2, 0) is 11.2 Å². The molecule has 0 aliphatic heterocycles. The lowest BCUT2D eigenvalue weighted by Gasteiger charge is -2.17. The van der Waals surface area contributed by atoms with E-state index in [0.717, 1.165) is 25.1 Å². The Bertz CT molecular complexity index is 692. The smallest absolute Gasteiger partial charge is 0.246 e. The summed E-state index contributed by atoms with van der Waals surface area (Å²) in [5, 5.41) is 9.39. The molecule has 5 nitrogen and oxygen atoms in total. The predicted molar refractivity (Wildman–Crippen MR) is 124 cm³/mol. The second-order valence-corrected chi connectivity index (χ2v) is 6.18. The van der Waals surface area contributed by atoms with Crippen molar-refractivity contribution in [3.63, 3.8) is 0 Å². The maximum atomic E-state index is 12.0. The standard InChI is InChI=1S/C21H28N4O.HI/c1-3-22-21(23-16-20(26)25-19-12-8-5-9-13-19)24-17(2)14-15-18-10-6-4-7-11-18;/h4-13,17H,3,14-16H2,1-2H3,(H,25,26)(H2,22,23,24);1H. The average Bonchev–Trinajstić information content (AvgIpc) is 2.66. The van der Waals surface area contributed by atoms with E-state index in [2.05, 4.69) is 52.1 Å². The third kappa shape index (κ3) is 9.42. The van der Waals surface area contributed by atoms with E-state index in [9.17, 15) is 4.79 Å². The number of nitrogens with one attached hydrogen (secondary N) is 3. The summed E-state index contributed by atoms with van der Waals surface area (Å²) in [6.45, 7) is 4.96. The lowest BCUT2D eigenvalue weighted by Crippen LogP contribution is -2.42. The van der Waals surface area contributed by atoms with E-state index in [4.69, 9.17) is 0 Å². The summed E-state index contributed by atoms with van der Waals surface area (Å²) in [5.41, 5.74) is 2.10. The van der Waals surface area contributed by atoms with Crippen molar-refractivity contribution in [1.82, 2.24) is 10.6 Å². The van der Waals surface area contributed by atoms with Gasteiger partial charge in [-0.05, 0) is 44.4 Å². The third-order valence-electron chi connectivity index (χ3n) is 3.87. The van der Waals surface area contributed by atoms with Crippen molar-refractivity contribution in [3.05, 3.63) is 66.2 Å². The molecule has 0 radical (unpaired) electrons. The van der Waals surface area contributed by atoms with Gasteiger partial charge in [0.1, 0.15) is 6.54 Å². The molecule has 0 aliphatic rings. The van der Waals surface area contributed by atoms with Crippen LogP contribution in [0.15, 0.2) is 65.7 Å². The first-order valence-electron chi connectivity index (χ1n) is 9.11. The number of aliphatic imine (C=N–C) groups is 1. The average molecular weight is 480 g/mol. The number of nitrogens with zero attached hydrogens (tertiary/aromatic N) is 1. The molecule has 0 heterocycles. The van der Waals surface area contributed by atoms with E-state index < -0.39 is 0 Å². The highest BCUT2D eigenvalue weighted by Crippen LogP contribution is 2.05. The number of para-hydroxylation sites is 1. The Hall–Kier alpha value is -2.09. The third-order valence-corrected chi connectivity index (χ3v) is 3.87. The molecule has 2 aromatic carbocycles. The van der Waals surface area contributed by atoms with E-state index in [-0.39, 0.29) is 42.5 Å². The molecule has 6 heteroatoms. The molecule has 0 spiro atoms. The first-order chi connectivity index (χ1) is 12.7. The Kier molecular flexibility index (Phi) is 11.2. The van der Waals surface area contributed by atoms with Gasteiger partial charge in [0.2, 0.25) is 5.91 Å². The van der Waals surface area contributed by atoms with Gasteiger partial charge in [0.15, 0.2) is 5.96 Å². The van der Waals surface area contributed by atoms with Gasteiger partial charge in [-0.15, -0.1) is 24.0 Å². The lowest BCUT2D eigenvalue weighted by molar-refractivity contribution is -0.114. The number of amides is 1. The van der Waals surface area contributed by atoms with E-state index in [1.807, 2.05) is 43.3 Å². The van der Waals surface area contributed by atoms with E-state index >= 15 is 0 Å². The van der Waals surface area contributed by atoms with Crippen molar-refractivity contribution in [2.75, 3.05) is 18.4 Å². The first-order valence-corrected chi connectivity index (χ1v) is 9.11. The fourth-order valence-electron chi connectivity index (χ4n) is 2.53. The summed E-state index contributed by atoms with van der Waals surface area (Å²) in [5.74, 6) is 0.529. The summed E-state index contributed by atoms with van der Waals surface area (Å²) < 4.78 is 0. The minimum absolute atomic E-state index is 0. The highest BCUT2D eigenvalue weighted by molar-refractivity contribution is 14.0. The minimum Gasteiger partial charge on any atom is -0.357 e. The molecule has 0 saturated heterocycles. The lowest BCUT2D eigenvalue weighted by atomic mass is 10.1. The number of hydrogen-bond acceptors (Lipinski definition) is 2. The van der Waals surface area contributed by atoms with Gasteiger partial charge in [-0.3, -0.25) is 4.79 Å². The number of carbonyl (C=O) groups is 1. The molecular weight excluding hydrogens is 451 g/mol. The van der Waals surface area contributed by atoms with Crippen molar-refractivity contribution in [3.8, 4) is 0 Å². The van der Waals surface area contributed by atoms with Crippen molar-refractivity contribution < 1.29 is 4.79 Å². The molecule has 1 atom stereocenters. The second-order valence-electron chi connectivity index (χ2n) is 6.18. The maximum absolute atomic E-state index is 12.0. The van der Waals surface area contributed by atoms with Crippen LogP contribution in [-0.4, -0.2) is 31.0 Å². The zero-order chi connectivity index (χ0) is 18.6. The van der Waals surface area contributed by atoms with Crippen LogP contribution >= 0.6 is 24.0 Å². The molecule has 3 N–H and O–H groups in total. The van der Waals surface area contributed by atoms with E-state index in [1.54, 1.807) is 0 Å². The molecule has 2 rings (SSSR count). The minimum atomic E-state index is -0.134. The first kappa shape index (κ1) is 23.0. The van der Waals surface area contributed by atoms with Crippen LogP contribution < -0.4 is 16.0 Å². The van der Waals surface area contributed by atoms with Gasteiger partial charge in [-0.2, -0.15) is 0 Å². The largest absolute Gasteiger partial charge is 0.357 e. The Balaban J connectivity index is 0.00000364. The van der Waals surface area contributed by atoms with Crippen LogP contribution in [0.25, 0.3) is 0 Å². The number of carbonyl (C=O) groups excluding carboxylic acids is 1. The summed E-state index contributed by atoms with van der Waals surface area (Å²) >= 11 is 0. The van der Waals surface area contributed by atoms with Gasteiger partial charge in [0.25, 0.3) is 0 Å². The molecule has 2 aromatic rings. The van der Waals surface area contributed by atoms with Gasteiger partial charge >= 0.3 is 0 Å². The number of benzene rings is 2. The second kappa shape index (κ2) is 13.1. The topological polar surface area (TPSA) is 65.5 Å². The Labute approximate surface area is 179 Å². The molecule has 0 aliphatic carbocycles. The van der Waals surface area contributed by atoms with Crippen LogP contribution in [0.2, 0.25) is 0 Å². The molecule has 1 unspecified atom stereocenters. The zero-order valence-corrected chi connectivity index (χ0v) is 18.3. The maximum Gasteiger partial charge on any atom is 0.246 e. The number of anilines is 1. The fourth-order valence-corrected chi connectivity index (χ4v) is 2.53. The van der Waals surface area contributed by atoms with Crippen LogP contribution in [0.1, 0.15) is 25.8 Å². The molecule has 0 saturated carbocycles. The van der Waals surface area contributed by atoms with Crippen molar-refractivity contribution >= 4 is 41.5 Å². The van der Waals surface area contributed by atoms with E-state index in [0.29, 0.717) is 5.96 Å². The molecule has 0 aromatic heterocycles. The molecule has 0 fully saturated rings. The molecule has 27 heavy (non-hydrogen) atoms. The molecule has 0 bridgehead atoms. The van der Waals surface area contributed by atoms with Gasteiger partial charge in [-0.25, -0.2) is 4.99 Å². The molecular formula is C21H29IN4O. The number of aryl methyl sites for hydroxylation is 1. The highest BCUT2D eigenvalue weighted by atomic mass is 127. The van der Waals surface area contributed by atoms with Crippen molar-refractivity contribution in [2.24, 2.45) is 4.99 Å². The summed E-state index contributed by atoms with van der Waals surface area (Å²) in [6.07, 6.45) is 1.99. The van der Waals surface area contributed by atoms with Gasteiger partial charge in [0, 0.05) is 18.3 Å². The highest BCUT2D eigenvalue weighted by Gasteiger charge is 2.07. The molecule has 146 valence electrons. The quantitative estimate of drug-likeness (QED) is 0.306. The molecule has 1 amide bonds. The Morgan fingerprint density at radius 3 is 2.30 bits per heavy atom. The SMILES string of the molecule is CCNC(=NCC(=O)Nc1ccccc1)NC(C)CCc1ccccc1.I. The monoisotopic (exact) mass is 480 g/mol. The van der Waals surface area contributed by atoms with Gasteiger partial charge in [0.05, 0.1) is 0 Å². The van der Waals surface area contributed by atoms with Crippen LogP contribution in [0.5, 0.6) is 0 Å². The summed E-state index contributed by atoms with van der Waals surface area (Å²) in [4.78, 5) is 16.4. The summed E-state index contributed by atoms with van der Waals surface area (Å²) in [7, 11) is 0. The van der Waals surface area contributed by atoms with E-state index in [1.165, 1.54) is 5.56 Å². The van der Waals surface area contributed by atoms with Crippen LogP contribution in [0, 0.1) is 0 Å². The van der Waals surface area contributed by atoms with Crippen LogP contribution in [0.3, 0.4) is 0 Å². The predicted octanol–water partition coefficient (Wildman–Crippen LogP) is 3.82. The fraction of sp³-hybridized carbons (Fsp3) is 0.333.